The van der Waals surface area contributed by atoms with Crippen molar-refractivity contribution in [1.82, 2.24) is 4.98 Å². The first kappa shape index (κ1) is 7.85. The van der Waals surface area contributed by atoms with Crippen molar-refractivity contribution in [2.45, 2.75) is 20.3 Å². The van der Waals surface area contributed by atoms with Gasteiger partial charge in [0.15, 0.2) is 5.88 Å². The molecule has 60 valence electrons. The van der Waals surface area contributed by atoms with Gasteiger partial charge in [-0.05, 0) is 18.9 Å². The predicted molar refractivity (Wildman–Crippen MR) is 42.8 cm³/mol. The lowest BCUT2D eigenvalue weighted by atomic mass is 10.1. The molecule has 0 atom stereocenters. The van der Waals surface area contributed by atoms with Gasteiger partial charge in [0, 0.05) is 11.6 Å². The molecule has 1 aromatic rings. The highest BCUT2D eigenvalue weighted by atomic mass is 16.3. The predicted octanol–water partition coefficient (Wildman–Crippen LogP) is 0.951. The molecule has 0 fully saturated rings. The Morgan fingerprint density at radius 2 is 2.27 bits per heavy atom. The van der Waals surface area contributed by atoms with Crippen LogP contribution in [0.5, 0.6) is 5.88 Å². The zero-order valence-corrected chi connectivity index (χ0v) is 6.64. The van der Waals surface area contributed by atoms with Crippen molar-refractivity contribution in [2.75, 3.05) is 0 Å². The van der Waals surface area contributed by atoms with E-state index < -0.39 is 0 Å². The molecular formula is C8H11NO2. The number of hydrogen-bond acceptors (Lipinski definition) is 2. The maximum Gasteiger partial charge on any atom is 0.250 e. The molecule has 1 heterocycles. The van der Waals surface area contributed by atoms with E-state index in [1.165, 1.54) is 6.07 Å². The summed E-state index contributed by atoms with van der Waals surface area (Å²) in [5.41, 5.74) is 1.41. The fourth-order valence-corrected chi connectivity index (χ4v) is 1.03. The molecule has 3 heteroatoms. The van der Waals surface area contributed by atoms with E-state index in [0.29, 0.717) is 0 Å². The third-order valence-corrected chi connectivity index (χ3v) is 1.76. The molecule has 3 nitrogen and oxygen atoms in total. The van der Waals surface area contributed by atoms with E-state index in [-0.39, 0.29) is 11.4 Å². The second kappa shape index (κ2) is 2.78. The Labute approximate surface area is 64.7 Å². The molecule has 1 aromatic heterocycles. The van der Waals surface area contributed by atoms with Crippen LogP contribution in [0.2, 0.25) is 0 Å². The Kier molecular flexibility index (Phi) is 1.98. The zero-order valence-electron chi connectivity index (χ0n) is 6.64. The topological polar surface area (TPSA) is 53.1 Å². The molecule has 11 heavy (non-hydrogen) atoms. The van der Waals surface area contributed by atoms with Crippen LogP contribution in [0.4, 0.5) is 0 Å². The van der Waals surface area contributed by atoms with Crippen LogP contribution >= 0.6 is 0 Å². The third kappa shape index (κ3) is 1.42. The minimum atomic E-state index is -0.245. The summed E-state index contributed by atoms with van der Waals surface area (Å²) in [5, 5.41) is 9.16. The lowest BCUT2D eigenvalue weighted by molar-refractivity contribution is 0.446. The number of pyridine rings is 1. The smallest absolute Gasteiger partial charge is 0.250 e. The summed E-state index contributed by atoms with van der Waals surface area (Å²) >= 11 is 0. The molecular weight excluding hydrogens is 142 g/mol. The van der Waals surface area contributed by atoms with Crippen LogP contribution in [0.3, 0.4) is 0 Å². The van der Waals surface area contributed by atoms with Crippen LogP contribution in [-0.4, -0.2) is 10.1 Å². The summed E-state index contributed by atoms with van der Waals surface area (Å²) in [6.07, 6.45) is 0.767. The number of H-pyrrole nitrogens is 1. The molecule has 2 N–H and O–H groups in total. The lowest BCUT2D eigenvalue weighted by Gasteiger charge is -2.02. The number of aromatic hydroxyl groups is 1. The molecule has 0 saturated heterocycles. The highest BCUT2D eigenvalue weighted by Crippen LogP contribution is 2.14. The summed E-state index contributed by atoms with van der Waals surface area (Å²) < 4.78 is 0. The quantitative estimate of drug-likeness (QED) is 0.631. The van der Waals surface area contributed by atoms with Crippen LogP contribution in [0, 0.1) is 6.92 Å². The maximum absolute atomic E-state index is 10.8. The molecule has 0 aliphatic heterocycles. The van der Waals surface area contributed by atoms with Gasteiger partial charge < -0.3 is 5.11 Å². The van der Waals surface area contributed by atoms with Crippen molar-refractivity contribution < 1.29 is 5.11 Å². The van der Waals surface area contributed by atoms with Gasteiger partial charge in [0.05, 0.1) is 0 Å². The highest BCUT2D eigenvalue weighted by Gasteiger charge is 2.02. The second-order valence-corrected chi connectivity index (χ2v) is 2.49. The molecule has 1 rings (SSSR count). The number of nitrogens with one attached hydrogen (secondary N) is 1. The molecule has 0 aromatic carbocycles. The van der Waals surface area contributed by atoms with E-state index in [2.05, 4.69) is 4.98 Å². The number of hydrogen-bond donors (Lipinski definition) is 2. The third-order valence-electron chi connectivity index (χ3n) is 1.76. The molecule has 0 amide bonds. The van der Waals surface area contributed by atoms with Gasteiger partial charge in [-0.3, -0.25) is 9.78 Å². The SMILES string of the molecule is CCc1cc(=O)[nH]c(O)c1C. The Hall–Kier alpha value is -1.25. The summed E-state index contributed by atoms with van der Waals surface area (Å²) in [4.78, 5) is 13.1. The molecule has 0 aliphatic carbocycles. The number of aromatic amines is 1. The number of aromatic nitrogens is 1. The molecule has 0 aliphatic rings. The summed E-state index contributed by atoms with van der Waals surface area (Å²) in [6, 6.07) is 1.51. The van der Waals surface area contributed by atoms with Crippen LogP contribution in [0.1, 0.15) is 18.1 Å². The zero-order chi connectivity index (χ0) is 8.43. The number of aryl methyl sites for hydroxylation is 1. The molecule has 0 radical (unpaired) electrons. The Bertz CT molecular complexity index is 314. The fraction of sp³-hybridized carbons (Fsp3) is 0.375. The monoisotopic (exact) mass is 153 g/mol. The van der Waals surface area contributed by atoms with Gasteiger partial charge in [-0.25, -0.2) is 0 Å². The van der Waals surface area contributed by atoms with Gasteiger partial charge in [-0.15, -0.1) is 0 Å². The standard InChI is InChI=1S/C8H11NO2/c1-3-6-4-7(10)9-8(11)5(6)2/h4H,3H2,1-2H3,(H2,9,10,11). The normalized spacial score (nSPS) is 10.0. The van der Waals surface area contributed by atoms with E-state index in [0.717, 1.165) is 17.5 Å². The first-order chi connectivity index (χ1) is 5.15. The van der Waals surface area contributed by atoms with Crippen molar-refractivity contribution in [3.8, 4) is 5.88 Å². The molecule has 0 unspecified atom stereocenters. The van der Waals surface area contributed by atoms with Crippen molar-refractivity contribution in [2.24, 2.45) is 0 Å². The fourth-order valence-electron chi connectivity index (χ4n) is 1.03. The van der Waals surface area contributed by atoms with Gasteiger partial charge in [0.1, 0.15) is 0 Å². The number of rotatable bonds is 1. The maximum atomic E-state index is 10.8. The van der Waals surface area contributed by atoms with Crippen molar-refractivity contribution in [1.29, 1.82) is 0 Å². The van der Waals surface area contributed by atoms with Crippen molar-refractivity contribution >= 4 is 0 Å². The molecule has 0 spiro atoms. The Morgan fingerprint density at radius 1 is 1.64 bits per heavy atom. The Morgan fingerprint density at radius 3 is 2.82 bits per heavy atom. The molecule has 0 bridgehead atoms. The highest BCUT2D eigenvalue weighted by molar-refractivity contribution is 5.31. The van der Waals surface area contributed by atoms with Crippen LogP contribution in [-0.2, 0) is 6.42 Å². The van der Waals surface area contributed by atoms with E-state index >= 15 is 0 Å². The minimum absolute atomic E-state index is 0.0191. The second-order valence-electron chi connectivity index (χ2n) is 2.49. The average Bonchev–Trinajstić information content (AvgIpc) is 1.96. The van der Waals surface area contributed by atoms with E-state index in [1.807, 2.05) is 6.92 Å². The largest absolute Gasteiger partial charge is 0.494 e. The minimum Gasteiger partial charge on any atom is -0.494 e. The summed E-state index contributed by atoms with van der Waals surface area (Å²) in [6.45, 7) is 3.73. The van der Waals surface area contributed by atoms with Gasteiger partial charge >= 0.3 is 0 Å². The van der Waals surface area contributed by atoms with Crippen LogP contribution < -0.4 is 5.56 Å². The average molecular weight is 153 g/mol. The van der Waals surface area contributed by atoms with Gasteiger partial charge in [0.2, 0.25) is 0 Å². The lowest BCUT2D eigenvalue weighted by Crippen LogP contribution is -2.06. The van der Waals surface area contributed by atoms with Gasteiger partial charge in [-0.1, -0.05) is 6.92 Å². The van der Waals surface area contributed by atoms with Crippen LogP contribution in [0.15, 0.2) is 10.9 Å². The van der Waals surface area contributed by atoms with Crippen LogP contribution in [0.25, 0.3) is 0 Å². The van der Waals surface area contributed by atoms with Crippen molar-refractivity contribution in [3.63, 3.8) is 0 Å². The van der Waals surface area contributed by atoms with Gasteiger partial charge in [0.25, 0.3) is 5.56 Å². The first-order valence-corrected chi connectivity index (χ1v) is 3.57. The molecule has 0 saturated carbocycles. The van der Waals surface area contributed by atoms with Crippen molar-refractivity contribution in [3.05, 3.63) is 27.5 Å². The summed E-state index contributed by atoms with van der Waals surface area (Å²) in [7, 11) is 0. The van der Waals surface area contributed by atoms with Gasteiger partial charge in [-0.2, -0.15) is 0 Å². The first-order valence-electron chi connectivity index (χ1n) is 3.57. The van der Waals surface area contributed by atoms with E-state index in [1.54, 1.807) is 6.92 Å². The van der Waals surface area contributed by atoms with E-state index in [4.69, 9.17) is 5.11 Å². The summed E-state index contributed by atoms with van der Waals surface area (Å²) in [5.74, 6) is -0.0191. The Balaban J connectivity index is 3.36. The van der Waals surface area contributed by atoms with E-state index in [9.17, 15) is 4.79 Å².